The summed E-state index contributed by atoms with van der Waals surface area (Å²) in [6.07, 6.45) is 5.01. The first-order valence-electron chi connectivity index (χ1n) is 7.50. The van der Waals surface area contributed by atoms with E-state index in [1.165, 1.54) is 31.2 Å². The van der Waals surface area contributed by atoms with Gasteiger partial charge in [-0.2, -0.15) is 0 Å². The third-order valence-corrected chi connectivity index (χ3v) is 3.90. The van der Waals surface area contributed by atoms with Gasteiger partial charge in [-0.1, -0.05) is 56.5 Å². The summed E-state index contributed by atoms with van der Waals surface area (Å²) in [5.74, 6) is 2.22. The number of rotatable bonds is 8. The normalized spacial score (nSPS) is 11.3. The Hall–Kier alpha value is -0.500. The Bertz CT molecular complexity index is 368. The van der Waals surface area contributed by atoms with E-state index in [4.69, 9.17) is 4.74 Å². The van der Waals surface area contributed by atoms with Crippen molar-refractivity contribution >= 4 is 15.9 Å². The lowest BCUT2D eigenvalue weighted by Crippen LogP contribution is -2.12. The lowest BCUT2D eigenvalue weighted by atomic mass is 9.99. The lowest BCUT2D eigenvalue weighted by molar-refractivity contribution is 0.229. The molecule has 1 nitrogen and oxygen atoms in total. The van der Waals surface area contributed by atoms with Gasteiger partial charge in [0.25, 0.3) is 0 Å². The fourth-order valence-electron chi connectivity index (χ4n) is 2.34. The van der Waals surface area contributed by atoms with Crippen LogP contribution in [0.3, 0.4) is 0 Å². The van der Waals surface area contributed by atoms with Crippen molar-refractivity contribution in [2.24, 2.45) is 5.92 Å². The van der Waals surface area contributed by atoms with E-state index in [9.17, 15) is 0 Å². The molecule has 0 N–H and O–H groups in total. The Morgan fingerprint density at radius 2 is 1.68 bits per heavy atom. The van der Waals surface area contributed by atoms with Crippen molar-refractivity contribution in [2.45, 2.75) is 59.3 Å². The molecule has 0 heterocycles. The van der Waals surface area contributed by atoms with Crippen molar-refractivity contribution in [1.82, 2.24) is 0 Å². The standard InChI is InChI=1S/C17H27BrO/c1-5-7-14(8-6-2)12-19-17-10-15(13(3)4)9-16(18)11-17/h9-11,13-14H,5-8,12H2,1-4H3. The molecule has 0 saturated carbocycles. The van der Waals surface area contributed by atoms with E-state index in [1.807, 2.05) is 0 Å². The van der Waals surface area contributed by atoms with Crippen LogP contribution in [0.2, 0.25) is 0 Å². The van der Waals surface area contributed by atoms with Crippen LogP contribution in [0.4, 0.5) is 0 Å². The van der Waals surface area contributed by atoms with Gasteiger partial charge >= 0.3 is 0 Å². The van der Waals surface area contributed by atoms with Crippen LogP contribution in [0.15, 0.2) is 22.7 Å². The predicted octanol–water partition coefficient (Wildman–Crippen LogP) is 6.17. The van der Waals surface area contributed by atoms with E-state index in [0.29, 0.717) is 11.8 Å². The van der Waals surface area contributed by atoms with Gasteiger partial charge in [-0.3, -0.25) is 0 Å². The van der Waals surface area contributed by atoms with Crippen LogP contribution >= 0.6 is 15.9 Å². The van der Waals surface area contributed by atoms with Gasteiger partial charge in [0.1, 0.15) is 5.75 Å². The summed E-state index contributed by atoms with van der Waals surface area (Å²) in [5, 5.41) is 0. The zero-order valence-electron chi connectivity index (χ0n) is 12.7. The second-order valence-electron chi connectivity index (χ2n) is 5.63. The molecule has 1 rings (SSSR count). The fraction of sp³-hybridized carbons (Fsp3) is 0.647. The second kappa shape index (κ2) is 8.63. The molecule has 0 aliphatic heterocycles. The van der Waals surface area contributed by atoms with E-state index >= 15 is 0 Å². The van der Waals surface area contributed by atoms with Gasteiger partial charge in [-0.25, -0.2) is 0 Å². The van der Waals surface area contributed by atoms with E-state index in [1.54, 1.807) is 0 Å². The Morgan fingerprint density at radius 3 is 2.21 bits per heavy atom. The summed E-state index contributed by atoms with van der Waals surface area (Å²) in [7, 11) is 0. The third kappa shape index (κ3) is 5.99. The van der Waals surface area contributed by atoms with Crippen molar-refractivity contribution in [2.75, 3.05) is 6.61 Å². The van der Waals surface area contributed by atoms with Crippen LogP contribution in [0.1, 0.15) is 64.9 Å². The molecular formula is C17H27BrO. The molecule has 0 bridgehead atoms. The smallest absolute Gasteiger partial charge is 0.120 e. The molecule has 1 aromatic carbocycles. The minimum Gasteiger partial charge on any atom is -0.493 e. The number of hydrogen-bond donors (Lipinski definition) is 0. The Balaban J connectivity index is 2.65. The molecule has 0 fully saturated rings. The predicted molar refractivity (Wildman–Crippen MR) is 87.0 cm³/mol. The molecule has 0 spiro atoms. The maximum absolute atomic E-state index is 6.01. The average Bonchev–Trinajstić information content (AvgIpc) is 2.36. The number of ether oxygens (including phenoxy) is 1. The summed E-state index contributed by atoms with van der Waals surface area (Å²) in [5.41, 5.74) is 1.33. The van der Waals surface area contributed by atoms with Gasteiger partial charge in [-0.15, -0.1) is 0 Å². The molecule has 0 unspecified atom stereocenters. The van der Waals surface area contributed by atoms with Crippen LogP contribution in [0, 0.1) is 5.92 Å². The summed E-state index contributed by atoms with van der Waals surface area (Å²) in [6, 6.07) is 6.41. The first kappa shape index (κ1) is 16.6. The molecule has 0 aliphatic carbocycles. The molecule has 1 aromatic rings. The number of hydrogen-bond acceptors (Lipinski definition) is 1. The molecule has 0 saturated heterocycles. The van der Waals surface area contributed by atoms with Gasteiger partial charge in [0.15, 0.2) is 0 Å². The molecule has 0 radical (unpaired) electrons. The maximum atomic E-state index is 6.01. The van der Waals surface area contributed by atoms with Crippen molar-refractivity contribution < 1.29 is 4.74 Å². The monoisotopic (exact) mass is 326 g/mol. The summed E-state index contributed by atoms with van der Waals surface area (Å²) in [6.45, 7) is 9.76. The molecule has 0 atom stereocenters. The van der Waals surface area contributed by atoms with Crippen LogP contribution in [-0.4, -0.2) is 6.61 Å². The Kier molecular flexibility index (Phi) is 7.52. The highest BCUT2D eigenvalue weighted by Gasteiger charge is 2.09. The van der Waals surface area contributed by atoms with Crippen LogP contribution in [0.5, 0.6) is 5.75 Å². The number of halogens is 1. The highest BCUT2D eigenvalue weighted by molar-refractivity contribution is 9.10. The molecule has 0 aliphatic rings. The van der Waals surface area contributed by atoms with Gasteiger partial charge in [0.2, 0.25) is 0 Å². The van der Waals surface area contributed by atoms with Crippen molar-refractivity contribution in [3.63, 3.8) is 0 Å². The molecule has 0 amide bonds. The van der Waals surface area contributed by atoms with Gasteiger partial charge in [0, 0.05) is 4.47 Å². The third-order valence-electron chi connectivity index (χ3n) is 3.44. The van der Waals surface area contributed by atoms with Gasteiger partial charge in [-0.05, 0) is 48.4 Å². The van der Waals surface area contributed by atoms with Gasteiger partial charge < -0.3 is 4.74 Å². The Labute approximate surface area is 126 Å². The largest absolute Gasteiger partial charge is 0.493 e. The average molecular weight is 327 g/mol. The zero-order valence-corrected chi connectivity index (χ0v) is 14.3. The quantitative estimate of drug-likeness (QED) is 0.555. The van der Waals surface area contributed by atoms with Crippen molar-refractivity contribution in [3.8, 4) is 5.75 Å². The van der Waals surface area contributed by atoms with Crippen LogP contribution in [0.25, 0.3) is 0 Å². The van der Waals surface area contributed by atoms with E-state index in [-0.39, 0.29) is 0 Å². The Morgan fingerprint density at radius 1 is 1.05 bits per heavy atom. The minimum absolute atomic E-state index is 0.530. The highest BCUT2D eigenvalue weighted by Crippen LogP contribution is 2.27. The maximum Gasteiger partial charge on any atom is 0.120 e. The van der Waals surface area contributed by atoms with E-state index in [2.05, 4.69) is 61.8 Å². The minimum atomic E-state index is 0.530. The van der Waals surface area contributed by atoms with Crippen molar-refractivity contribution in [3.05, 3.63) is 28.2 Å². The van der Waals surface area contributed by atoms with Crippen LogP contribution < -0.4 is 4.74 Å². The first-order valence-corrected chi connectivity index (χ1v) is 8.29. The first-order chi connectivity index (χ1) is 9.06. The van der Waals surface area contributed by atoms with E-state index in [0.717, 1.165) is 16.8 Å². The number of benzene rings is 1. The summed E-state index contributed by atoms with van der Waals surface area (Å²) < 4.78 is 7.12. The van der Waals surface area contributed by atoms with E-state index < -0.39 is 0 Å². The molecule has 2 heteroatoms. The summed E-state index contributed by atoms with van der Waals surface area (Å²) in [4.78, 5) is 0. The zero-order chi connectivity index (χ0) is 14.3. The summed E-state index contributed by atoms with van der Waals surface area (Å²) >= 11 is 3.57. The molecule has 19 heavy (non-hydrogen) atoms. The molecular weight excluding hydrogens is 300 g/mol. The molecule has 108 valence electrons. The topological polar surface area (TPSA) is 9.23 Å². The highest BCUT2D eigenvalue weighted by atomic mass is 79.9. The lowest BCUT2D eigenvalue weighted by Gasteiger charge is -2.17. The second-order valence-corrected chi connectivity index (χ2v) is 6.55. The van der Waals surface area contributed by atoms with Crippen LogP contribution in [-0.2, 0) is 0 Å². The SMILES string of the molecule is CCCC(CCC)COc1cc(Br)cc(C(C)C)c1. The fourth-order valence-corrected chi connectivity index (χ4v) is 2.83. The molecule has 0 aromatic heterocycles. The van der Waals surface area contributed by atoms with Crippen molar-refractivity contribution in [1.29, 1.82) is 0 Å². The van der Waals surface area contributed by atoms with Gasteiger partial charge in [0.05, 0.1) is 6.61 Å².